The number of rotatable bonds is 6. The maximum atomic E-state index is 11.8. The molecule has 0 saturated carbocycles. The van der Waals surface area contributed by atoms with Crippen LogP contribution >= 0.6 is 0 Å². The van der Waals surface area contributed by atoms with Crippen molar-refractivity contribution in [2.24, 2.45) is 5.73 Å². The van der Waals surface area contributed by atoms with E-state index in [4.69, 9.17) is 10.5 Å². The SMILES string of the molecule is CCN1CCOC(CS(=O)CCC(C)N)C1. The van der Waals surface area contributed by atoms with Crippen molar-refractivity contribution in [3.63, 3.8) is 0 Å². The lowest BCUT2D eigenvalue weighted by atomic mass is 10.3. The first-order valence-corrected chi connectivity index (χ1v) is 7.55. The lowest BCUT2D eigenvalue weighted by Gasteiger charge is -2.31. The average Bonchev–Trinajstić information content (AvgIpc) is 2.26. The van der Waals surface area contributed by atoms with Gasteiger partial charge >= 0.3 is 0 Å². The molecule has 1 saturated heterocycles. The highest BCUT2D eigenvalue weighted by molar-refractivity contribution is 7.85. The van der Waals surface area contributed by atoms with Crippen molar-refractivity contribution >= 4 is 10.8 Å². The molecule has 0 aromatic carbocycles. The van der Waals surface area contributed by atoms with Crippen LogP contribution in [0.1, 0.15) is 20.3 Å². The van der Waals surface area contributed by atoms with Crippen LogP contribution in [-0.2, 0) is 15.5 Å². The molecular formula is C11H24N2O2S. The Morgan fingerprint density at radius 1 is 1.62 bits per heavy atom. The third-order valence-electron chi connectivity index (χ3n) is 2.84. The second-order valence-electron chi connectivity index (χ2n) is 4.46. The van der Waals surface area contributed by atoms with Gasteiger partial charge in [-0.2, -0.15) is 0 Å². The Balaban J connectivity index is 2.22. The van der Waals surface area contributed by atoms with E-state index >= 15 is 0 Å². The highest BCUT2D eigenvalue weighted by atomic mass is 32.2. The first-order chi connectivity index (χ1) is 7.61. The minimum Gasteiger partial charge on any atom is -0.375 e. The minimum atomic E-state index is -0.787. The van der Waals surface area contributed by atoms with Gasteiger partial charge in [-0.05, 0) is 19.9 Å². The molecule has 1 aliphatic heterocycles. The van der Waals surface area contributed by atoms with Gasteiger partial charge in [0.25, 0.3) is 0 Å². The third kappa shape index (κ3) is 5.39. The number of ether oxygens (including phenoxy) is 1. The predicted octanol–water partition coefficient (Wildman–Crippen LogP) is 0.193. The van der Waals surface area contributed by atoms with Gasteiger partial charge in [0.15, 0.2) is 0 Å². The second kappa shape index (κ2) is 7.37. The van der Waals surface area contributed by atoms with E-state index in [1.54, 1.807) is 0 Å². The summed E-state index contributed by atoms with van der Waals surface area (Å²) in [6.07, 6.45) is 0.971. The lowest BCUT2D eigenvalue weighted by molar-refractivity contribution is -0.0141. The van der Waals surface area contributed by atoms with Crippen LogP contribution in [0.25, 0.3) is 0 Å². The van der Waals surface area contributed by atoms with Crippen LogP contribution < -0.4 is 5.73 Å². The molecule has 0 amide bonds. The number of nitrogens with zero attached hydrogens (tertiary/aromatic N) is 1. The zero-order valence-electron chi connectivity index (χ0n) is 10.4. The molecule has 0 spiro atoms. The third-order valence-corrected chi connectivity index (χ3v) is 4.28. The molecule has 1 heterocycles. The maximum Gasteiger partial charge on any atom is 0.0817 e. The summed E-state index contributed by atoms with van der Waals surface area (Å²) in [4.78, 5) is 2.34. The monoisotopic (exact) mass is 248 g/mol. The molecule has 1 aliphatic rings. The van der Waals surface area contributed by atoms with E-state index in [0.29, 0.717) is 11.5 Å². The Morgan fingerprint density at radius 3 is 3.00 bits per heavy atom. The predicted molar refractivity (Wildman–Crippen MR) is 68.0 cm³/mol. The van der Waals surface area contributed by atoms with Crippen LogP contribution in [0.15, 0.2) is 0 Å². The van der Waals surface area contributed by atoms with Gasteiger partial charge in [0.2, 0.25) is 0 Å². The van der Waals surface area contributed by atoms with E-state index < -0.39 is 10.8 Å². The van der Waals surface area contributed by atoms with Crippen LogP contribution in [0.3, 0.4) is 0 Å². The Bertz CT molecular complexity index is 224. The molecule has 3 atom stereocenters. The number of likely N-dealkylation sites (N-methyl/N-ethyl adjacent to an activating group) is 1. The van der Waals surface area contributed by atoms with Crippen LogP contribution in [0.2, 0.25) is 0 Å². The Morgan fingerprint density at radius 2 is 2.38 bits per heavy atom. The van der Waals surface area contributed by atoms with Gasteiger partial charge in [-0.15, -0.1) is 0 Å². The summed E-state index contributed by atoms with van der Waals surface area (Å²) in [5.41, 5.74) is 5.64. The van der Waals surface area contributed by atoms with Crippen molar-refractivity contribution in [2.75, 3.05) is 37.7 Å². The highest BCUT2D eigenvalue weighted by Crippen LogP contribution is 2.07. The van der Waals surface area contributed by atoms with Gasteiger partial charge in [-0.1, -0.05) is 6.92 Å². The number of hydrogen-bond acceptors (Lipinski definition) is 4. The van der Waals surface area contributed by atoms with Crippen molar-refractivity contribution in [3.8, 4) is 0 Å². The topological polar surface area (TPSA) is 55.6 Å². The average molecular weight is 248 g/mol. The Hall–Kier alpha value is 0.0300. The van der Waals surface area contributed by atoms with Crippen molar-refractivity contribution in [1.82, 2.24) is 4.90 Å². The summed E-state index contributed by atoms with van der Waals surface area (Å²) in [6, 6.07) is 0.142. The van der Waals surface area contributed by atoms with Crippen LogP contribution in [-0.4, -0.2) is 59.0 Å². The Kier molecular flexibility index (Phi) is 6.49. The number of hydrogen-bond donors (Lipinski definition) is 1. The molecule has 96 valence electrons. The lowest BCUT2D eigenvalue weighted by Crippen LogP contribution is -2.44. The van der Waals surface area contributed by atoms with E-state index in [2.05, 4.69) is 11.8 Å². The summed E-state index contributed by atoms with van der Waals surface area (Å²) in [6.45, 7) is 7.83. The van der Waals surface area contributed by atoms with E-state index in [-0.39, 0.29) is 12.1 Å². The largest absolute Gasteiger partial charge is 0.375 e. The normalized spacial score (nSPS) is 26.6. The highest BCUT2D eigenvalue weighted by Gasteiger charge is 2.21. The van der Waals surface area contributed by atoms with Crippen molar-refractivity contribution < 1.29 is 8.95 Å². The molecule has 1 rings (SSSR count). The van der Waals surface area contributed by atoms with Gasteiger partial charge in [0.1, 0.15) is 0 Å². The first-order valence-electron chi connectivity index (χ1n) is 6.06. The first kappa shape index (κ1) is 14.1. The molecule has 0 aliphatic carbocycles. The van der Waals surface area contributed by atoms with Gasteiger partial charge < -0.3 is 10.5 Å². The fourth-order valence-corrected chi connectivity index (χ4v) is 3.19. The molecule has 2 N–H and O–H groups in total. The smallest absolute Gasteiger partial charge is 0.0817 e. The van der Waals surface area contributed by atoms with E-state index in [9.17, 15) is 4.21 Å². The summed E-state index contributed by atoms with van der Waals surface area (Å²) >= 11 is 0. The molecule has 3 unspecified atom stereocenters. The molecule has 1 fully saturated rings. The van der Waals surface area contributed by atoms with Crippen LogP contribution in [0, 0.1) is 0 Å². The van der Waals surface area contributed by atoms with Crippen LogP contribution in [0.4, 0.5) is 0 Å². The van der Waals surface area contributed by atoms with Crippen molar-refractivity contribution in [2.45, 2.75) is 32.4 Å². The maximum absolute atomic E-state index is 11.8. The van der Waals surface area contributed by atoms with Crippen molar-refractivity contribution in [1.29, 1.82) is 0 Å². The molecule has 4 nitrogen and oxygen atoms in total. The fraction of sp³-hybridized carbons (Fsp3) is 1.00. The van der Waals surface area contributed by atoms with Crippen LogP contribution in [0.5, 0.6) is 0 Å². The molecule has 0 bridgehead atoms. The molecule has 0 aromatic heterocycles. The molecule has 16 heavy (non-hydrogen) atoms. The van der Waals surface area contributed by atoms with Crippen molar-refractivity contribution in [3.05, 3.63) is 0 Å². The fourth-order valence-electron chi connectivity index (χ4n) is 1.78. The van der Waals surface area contributed by atoms with E-state index in [1.807, 2.05) is 6.92 Å². The molecule has 0 aromatic rings. The summed E-state index contributed by atoms with van der Waals surface area (Å²) in [5, 5.41) is 0. The molecule has 0 radical (unpaired) electrons. The minimum absolute atomic E-state index is 0.141. The van der Waals surface area contributed by atoms with Gasteiger partial charge in [0, 0.05) is 35.7 Å². The summed E-state index contributed by atoms with van der Waals surface area (Å²) in [7, 11) is -0.787. The summed E-state index contributed by atoms with van der Waals surface area (Å²) in [5.74, 6) is 1.35. The quantitative estimate of drug-likeness (QED) is 0.729. The standard InChI is InChI=1S/C11H24N2O2S/c1-3-13-5-6-15-11(8-13)9-16(14)7-4-10(2)12/h10-11H,3-9,12H2,1-2H3. The number of morpholine rings is 1. The van der Waals surface area contributed by atoms with E-state index in [1.165, 1.54) is 0 Å². The van der Waals surface area contributed by atoms with Gasteiger partial charge in [0.05, 0.1) is 18.5 Å². The van der Waals surface area contributed by atoms with Gasteiger partial charge in [-0.25, -0.2) is 0 Å². The Labute approximate surface area is 101 Å². The molecule has 5 heteroatoms. The zero-order valence-corrected chi connectivity index (χ0v) is 11.2. The van der Waals surface area contributed by atoms with Gasteiger partial charge in [-0.3, -0.25) is 9.11 Å². The zero-order chi connectivity index (χ0) is 12.0. The number of nitrogens with two attached hydrogens (primary N) is 1. The second-order valence-corrected chi connectivity index (χ2v) is 6.08. The molecular weight excluding hydrogens is 224 g/mol. The summed E-state index contributed by atoms with van der Waals surface area (Å²) < 4.78 is 17.4. The van der Waals surface area contributed by atoms with E-state index in [0.717, 1.165) is 32.7 Å².